The van der Waals surface area contributed by atoms with Gasteiger partial charge in [-0.3, -0.25) is 14.9 Å². The van der Waals surface area contributed by atoms with Crippen molar-refractivity contribution in [3.05, 3.63) is 33.4 Å². The van der Waals surface area contributed by atoms with Gasteiger partial charge in [-0.15, -0.1) is 0 Å². The topological polar surface area (TPSA) is 118 Å². The molecule has 0 aromatic heterocycles. The highest BCUT2D eigenvalue weighted by Crippen LogP contribution is 2.30. The van der Waals surface area contributed by atoms with Gasteiger partial charge in [0.1, 0.15) is 0 Å². The van der Waals surface area contributed by atoms with Crippen molar-refractivity contribution >= 4 is 21.7 Å². The van der Waals surface area contributed by atoms with Crippen molar-refractivity contribution in [1.82, 2.24) is 4.31 Å². The van der Waals surface area contributed by atoms with Gasteiger partial charge in [0.2, 0.25) is 10.0 Å². The zero-order valence-corrected chi connectivity index (χ0v) is 13.7. The quantitative estimate of drug-likeness (QED) is 0.657. The summed E-state index contributed by atoms with van der Waals surface area (Å²) in [4.78, 5) is 21.3. The molecule has 1 atom stereocenters. The van der Waals surface area contributed by atoms with E-state index in [1.165, 1.54) is 6.07 Å². The molecule has 1 aliphatic rings. The van der Waals surface area contributed by atoms with Crippen molar-refractivity contribution in [2.24, 2.45) is 5.92 Å². The van der Waals surface area contributed by atoms with E-state index in [2.05, 4.69) is 0 Å². The zero-order chi connectivity index (χ0) is 17.4. The molecule has 1 unspecified atom stereocenters. The maximum Gasteiger partial charge on any atom is 0.307 e. The average Bonchev–Trinajstić information content (AvgIpc) is 2.49. The maximum atomic E-state index is 12.8. The SMILES string of the molecule is Cc1cc([N+](=O)[O-])cc(S(=O)(=O)N2CCCC(C(=O)O)C2)c1C. The summed E-state index contributed by atoms with van der Waals surface area (Å²) in [7, 11) is -3.97. The average molecular weight is 342 g/mol. The molecule has 1 N–H and O–H groups in total. The van der Waals surface area contributed by atoms with Gasteiger partial charge in [0.15, 0.2) is 0 Å². The molecule has 0 radical (unpaired) electrons. The summed E-state index contributed by atoms with van der Waals surface area (Å²) < 4.78 is 26.7. The second-order valence-electron chi connectivity index (χ2n) is 5.68. The van der Waals surface area contributed by atoms with Gasteiger partial charge in [-0.25, -0.2) is 8.42 Å². The first kappa shape index (κ1) is 17.4. The molecule has 1 saturated heterocycles. The van der Waals surface area contributed by atoms with Gasteiger partial charge in [-0.05, 0) is 37.8 Å². The molecule has 9 heteroatoms. The number of hydrogen-bond acceptors (Lipinski definition) is 5. The van der Waals surface area contributed by atoms with Crippen LogP contribution in [0.25, 0.3) is 0 Å². The van der Waals surface area contributed by atoms with E-state index in [4.69, 9.17) is 5.11 Å². The molecule has 23 heavy (non-hydrogen) atoms. The van der Waals surface area contributed by atoms with Gasteiger partial charge in [-0.1, -0.05) is 0 Å². The van der Waals surface area contributed by atoms with Gasteiger partial charge in [0.25, 0.3) is 5.69 Å². The molecule has 0 bridgehead atoms. The van der Waals surface area contributed by atoms with Gasteiger partial charge >= 0.3 is 5.97 Å². The lowest BCUT2D eigenvalue weighted by atomic mass is 10.0. The summed E-state index contributed by atoms with van der Waals surface area (Å²) in [5, 5.41) is 20.1. The zero-order valence-electron chi connectivity index (χ0n) is 12.9. The fourth-order valence-electron chi connectivity index (χ4n) is 2.68. The van der Waals surface area contributed by atoms with E-state index >= 15 is 0 Å². The number of non-ortho nitro benzene ring substituents is 1. The summed E-state index contributed by atoms with van der Waals surface area (Å²) in [6.45, 7) is 3.30. The molecule has 1 heterocycles. The minimum absolute atomic E-state index is 0.112. The predicted molar refractivity (Wildman–Crippen MR) is 81.7 cm³/mol. The fraction of sp³-hybridized carbons (Fsp3) is 0.500. The third-order valence-electron chi connectivity index (χ3n) is 4.17. The number of nitro benzene ring substituents is 1. The van der Waals surface area contributed by atoms with E-state index in [9.17, 15) is 23.3 Å². The number of sulfonamides is 1. The first-order chi connectivity index (χ1) is 10.6. The van der Waals surface area contributed by atoms with Crippen LogP contribution in [0.5, 0.6) is 0 Å². The van der Waals surface area contributed by atoms with Crippen LogP contribution in [0.1, 0.15) is 24.0 Å². The molecule has 1 aromatic carbocycles. The molecule has 0 spiro atoms. The summed E-state index contributed by atoms with van der Waals surface area (Å²) in [6.07, 6.45) is 0.872. The molecule has 0 amide bonds. The van der Waals surface area contributed by atoms with Crippen LogP contribution in [0.3, 0.4) is 0 Å². The van der Waals surface area contributed by atoms with E-state index in [0.717, 1.165) is 10.4 Å². The Morgan fingerprint density at radius 2 is 2.04 bits per heavy atom. The third-order valence-corrected chi connectivity index (χ3v) is 6.16. The van der Waals surface area contributed by atoms with Crippen molar-refractivity contribution in [3.63, 3.8) is 0 Å². The van der Waals surface area contributed by atoms with Crippen molar-refractivity contribution in [2.75, 3.05) is 13.1 Å². The normalized spacial score (nSPS) is 19.5. The Kier molecular flexibility index (Phi) is 4.71. The summed E-state index contributed by atoms with van der Waals surface area (Å²) >= 11 is 0. The molecule has 1 aliphatic heterocycles. The van der Waals surface area contributed by atoms with Crippen LogP contribution in [0.2, 0.25) is 0 Å². The minimum Gasteiger partial charge on any atom is -0.481 e. The molecule has 2 rings (SSSR count). The number of aliphatic carboxylic acids is 1. The smallest absolute Gasteiger partial charge is 0.307 e. The highest BCUT2D eigenvalue weighted by atomic mass is 32.2. The lowest BCUT2D eigenvalue weighted by molar-refractivity contribution is -0.385. The van der Waals surface area contributed by atoms with E-state index < -0.39 is 26.8 Å². The van der Waals surface area contributed by atoms with Crippen LogP contribution < -0.4 is 0 Å². The van der Waals surface area contributed by atoms with E-state index in [1.54, 1.807) is 13.8 Å². The number of nitrogens with zero attached hydrogens (tertiary/aromatic N) is 2. The van der Waals surface area contributed by atoms with Crippen molar-refractivity contribution in [3.8, 4) is 0 Å². The number of piperidine rings is 1. The Hall–Kier alpha value is -2.00. The molecule has 0 saturated carbocycles. The van der Waals surface area contributed by atoms with Crippen LogP contribution in [-0.4, -0.2) is 41.8 Å². The van der Waals surface area contributed by atoms with Crippen molar-refractivity contribution in [1.29, 1.82) is 0 Å². The summed E-state index contributed by atoms with van der Waals surface area (Å²) in [5.41, 5.74) is 0.649. The predicted octanol–water partition coefficient (Wildman–Crippen LogP) is 1.70. The molecule has 8 nitrogen and oxygen atoms in total. The van der Waals surface area contributed by atoms with Gasteiger partial charge < -0.3 is 5.11 Å². The van der Waals surface area contributed by atoms with Crippen LogP contribution in [-0.2, 0) is 14.8 Å². The van der Waals surface area contributed by atoms with Gasteiger partial charge in [-0.2, -0.15) is 4.31 Å². The first-order valence-corrected chi connectivity index (χ1v) is 8.57. The van der Waals surface area contributed by atoms with E-state index in [1.807, 2.05) is 0 Å². The number of nitro groups is 1. The molecule has 1 aromatic rings. The lowest BCUT2D eigenvalue weighted by Gasteiger charge is -2.30. The second-order valence-corrected chi connectivity index (χ2v) is 7.59. The van der Waals surface area contributed by atoms with E-state index in [-0.39, 0.29) is 23.7 Å². The number of carboxylic acid groups (broad SMARTS) is 1. The molecule has 126 valence electrons. The Bertz CT molecular complexity index is 759. The highest BCUT2D eigenvalue weighted by molar-refractivity contribution is 7.89. The van der Waals surface area contributed by atoms with Crippen molar-refractivity contribution < 1.29 is 23.2 Å². The number of hydrogen-bond donors (Lipinski definition) is 1. The largest absolute Gasteiger partial charge is 0.481 e. The molecular weight excluding hydrogens is 324 g/mol. The Balaban J connectivity index is 2.47. The Labute approximate surface area is 133 Å². The van der Waals surface area contributed by atoms with Crippen molar-refractivity contribution in [2.45, 2.75) is 31.6 Å². The van der Waals surface area contributed by atoms with E-state index in [0.29, 0.717) is 24.0 Å². The number of benzene rings is 1. The summed E-state index contributed by atoms with van der Waals surface area (Å²) in [6, 6.07) is 2.37. The molecule has 1 fully saturated rings. The third kappa shape index (κ3) is 3.35. The van der Waals surface area contributed by atoms with Crippen LogP contribution in [0.4, 0.5) is 5.69 Å². The van der Waals surface area contributed by atoms with Crippen LogP contribution in [0.15, 0.2) is 17.0 Å². The number of aryl methyl sites for hydroxylation is 1. The monoisotopic (exact) mass is 342 g/mol. The van der Waals surface area contributed by atoms with Crippen LogP contribution >= 0.6 is 0 Å². The Morgan fingerprint density at radius 3 is 2.61 bits per heavy atom. The number of carbonyl (C=O) groups is 1. The molecular formula is C14H18N2O6S. The highest BCUT2D eigenvalue weighted by Gasteiger charge is 2.35. The lowest BCUT2D eigenvalue weighted by Crippen LogP contribution is -2.42. The number of rotatable bonds is 4. The fourth-order valence-corrected chi connectivity index (χ4v) is 4.52. The first-order valence-electron chi connectivity index (χ1n) is 7.13. The molecule has 0 aliphatic carbocycles. The maximum absolute atomic E-state index is 12.8. The Morgan fingerprint density at radius 1 is 1.39 bits per heavy atom. The number of carboxylic acids is 1. The minimum atomic E-state index is -3.97. The van der Waals surface area contributed by atoms with Gasteiger partial charge in [0, 0.05) is 25.2 Å². The van der Waals surface area contributed by atoms with Gasteiger partial charge in [0.05, 0.1) is 15.7 Å². The second kappa shape index (κ2) is 6.25. The standard InChI is InChI=1S/C14H18N2O6S/c1-9-6-12(16(19)20)7-13(10(9)2)23(21,22)15-5-3-4-11(8-15)14(17)18/h6-7,11H,3-5,8H2,1-2H3,(H,17,18). The van der Waals surface area contributed by atoms with Crippen LogP contribution in [0, 0.1) is 29.9 Å². The summed E-state index contributed by atoms with van der Waals surface area (Å²) in [5.74, 6) is -1.78.